The molecule has 3 heterocycles. The van der Waals surface area contributed by atoms with Gasteiger partial charge in [-0.15, -0.1) is 5.10 Å². The molecule has 0 fully saturated rings. The zero-order valence-corrected chi connectivity index (χ0v) is 17.3. The highest BCUT2D eigenvalue weighted by atomic mass is 16.3. The van der Waals surface area contributed by atoms with Gasteiger partial charge in [0, 0.05) is 44.3 Å². The van der Waals surface area contributed by atoms with Crippen molar-refractivity contribution in [2.24, 2.45) is 4.99 Å². The number of hydrogen-bond donors (Lipinski definition) is 3. The van der Waals surface area contributed by atoms with Crippen LogP contribution >= 0.6 is 0 Å². The molecule has 0 radical (unpaired) electrons. The number of rotatable bonds is 9. The van der Waals surface area contributed by atoms with Crippen LogP contribution in [0.15, 0.2) is 71.5 Å². The van der Waals surface area contributed by atoms with E-state index in [0.717, 1.165) is 25.0 Å². The lowest BCUT2D eigenvalue weighted by Gasteiger charge is -2.15. The molecule has 9 heteroatoms. The van der Waals surface area contributed by atoms with Gasteiger partial charge in [-0.25, -0.2) is 14.5 Å². The zero-order chi connectivity index (χ0) is 21.6. The summed E-state index contributed by atoms with van der Waals surface area (Å²) in [5.74, 6) is 0.603. The summed E-state index contributed by atoms with van der Waals surface area (Å²) in [6, 6.07) is 5.81. The van der Waals surface area contributed by atoms with Gasteiger partial charge in [0.1, 0.15) is 5.69 Å². The van der Waals surface area contributed by atoms with E-state index in [0.29, 0.717) is 35.0 Å². The van der Waals surface area contributed by atoms with Crippen LogP contribution in [0.3, 0.4) is 0 Å². The van der Waals surface area contributed by atoms with Crippen molar-refractivity contribution in [2.45, 2.75) is 19.9 Å². The van der Waals surface area contributed by atoms with Crippen LogP contribution in [0.4, 0.5) is 11.5 Å². The number of carbonyl (C=O) groups is 1. The van der Waals surface area contributed by atoms with E-state index in [2.05, 4.69) is 20.7 Å². The van der Waals surface area contributed by atoms with E-state index in [9.17, 15) is 9.90 Å². The second-order valence-corrected chi connectivity index (χ2v) is 7.21. The van der Waals surface area contributed by atoms with Gasteiger partial charge in [-0.1, -0.05) is 6.07 Å². The number of aryl methyl sites for hydroxylation is 1. The summed E-state index contributed by atoms with van der Waals surface area (Å²) in [5.41, 5.74) is 3.39. The Balaban J connectivity index is 1.62. The molecule has 4 rings (SSSR count). The Labute approximate surface area is 179 Å². The predicted molar refractivity (Wildman–Crippen MR) is 120 cm³/mol. The minimum atomic E-state index is -0.0721. The van der Waals surface area contributed by atoms with Gasteiger partial charge in [-0.05, 0) is 37.1 Å². The van der Waals surface area contributed by atoms with Crippen LogP contribution in [-0.2, 0) is 11.3 Å². The Bertz CT molecular complexity index is 1160. The summed E-state index contributed by atoms with van der Waals surface area (Å²) in [5, 5.41) is 20.3. The number of fused-ring (bicyclic) bond motifs is 1. The molecule has 0 atom stereocenters. The molecule has 3 N–H and O–H groups in total. The van der Waals surface area contributed by atoms with Gasteiger partial charge in [0.05, 0.1) is 29.9 Å². The lowest BCUT2D eigenvalue weighted by atomic mass is 10.0. The molecule has 0 bridgehead atoms. The molecule has 160 valence electrons. The van der Waals surface area contributed by atoms with Crippen molar-refractivity contribution in [3.63, 3.8) is 0 Å². The van der Waals surface area contributed by atoms with Crippen molar-refractivity contribution in [3.8, 4) is 0 Å². The highest BCUT2D eigenvalue weighted by Gasteiger charge is 2.18. The first-order valence-corrected chi connectivity index (χ1v) is 10.2. The average molecular weight is 419 g/mol. The number of imidazole rings is 1. The maximum absolute atomic E-state index is 12.1. The van der Waals surface area contributed by atoms with E-state index >= 15 is 0 Å². The highest BCUT2D eigenvalue weighted by molar-refractivity contribution is 6.22. The number of aliphatic hydroxyl groups is 1. The quantitative estimate of drug-likeness (QED) is 0.362. The van der Waals surface area contributed by atoms with E-state index in [1.165, 1.54) is 6.08 Å². The molecule has 3 aromatic heterocycles. The second-order valence-electron chi connectivity index (χ2n) is 7.21. The van der Waals surface area contributed by atoms with Gasteiger partial charge in [-0.2, -0.15) is 0 Å². The molecule has 3 aromatic rings. The molecule has 31 heavy (non-hydrogen) atoms. The number of nitrogens with one attached hydrogen (secondary N) is 2. The molecule has 1 aliphatic carbocycles. The van der Waals surface area contributed by atoms with Gasteiger partial charge in [0.2, 0.25) is 0 Å². The number of allylic oxidation sites excluding steroid dienone is 3. The molecule has 0 unspecified atom stereocenters. The van der Waals surface area contributed by atoms with E-state index < -0.39 is 0 Å². The first-order chi connectivity index (χ1) is 15.2. The molecular formula is C22H25N7O2. The third-order valence-electron chi connectivity index (χ3n) is 4.91. The number of hydrogen-bond acceptors (Lipinski definition) is 7. The summed E-state index contributed by atoms with van der Waals surface area (Å²) in [4.78, 5) is 21.1. The molecule has 0 aromatic carbocycles. The lowest BCUT2D eigenvalue weighted by molar-refractivity contribution is -0.111. The first kappa shape index (κ1) is 20.5. The maximum atomic E-state index is 12.1. The van der Waals surface area contributed by atoms with Crippen LogP contribution in [0.5, 0.6) is 0 Å². The van der Waals surface area contributed by atoms with E-state index in [1.807, 2.05) is 35.2 Å². The van der Waals surface area contributed by atoms with E-state index in [-0.39, 0.29) is 12.4 Å². The number of pyridine rings is 1. The van der Waals surface area contributed by atoms with Gasteiger partial charge < -0.3 is 20.3 Å². The smallest absolute Gasteiger partial charge is 0.183 e. The number of ketones is 1. The number of aromatic nitrogens is 4. The van der Waals surface area contributed by atoms with Crippen LogP contribution in [0, 0.1) is 0 Å². The van der Waals surface area contributed by atoms with Gasteiger partial charge in [-0.3, -0.25) is 4.79 Å². The van der Waals surface area contributed by atoms with Gasteiger partial charge >= 0.3 is 0 Å². The van der Waals surface area contributed by atoms with Crippen LogP contribution in [0.2, 0.25) is 0 Å². The molecule has 0 saturated heterocycles. The fourth-order valence-corrected chi connectivity index (χ4v) is 3.32. The Morgan fingerprint density at radius 3 is 2.87 bits per heavy atom. The Morgan fingerprint density at radius 1 is 1.16 bits per heavy atom. The summed E-state index contributed by atoms with van der Waals surface area (Å²) < 4.78 is 3.82. The predicted octanol–water partition coefficient (Wildman–Crippen LogP) is 2.10. The lowest BCUT2D eigenvalue weighted by Crippen LogP contribution is -2.26. The number of carbonyl (C=O) groups excluding carboxylic acids is 1. The first-order valence-electron chi connectivity index (χ1n) is 10.2. The van der Waals surface area contributed by atoms with Crippen molar-refractivity contribution in [1.82, 2.24) is 24.5 Å². The monoisotopic (exact) mass is 419 g/mol. The summed E-state index contributed by atoms with van der Waals surface area (Å²) in [7, 11) is 0. The Morgan fingerprint density at radius 2 is 2.06 bits per heavy atom. The van der Waals surface area contributed by atoms with Crippen LogP contribution in [0.25, 0.3) is 5.52 Å². The normalized spacial score (nSPS) is 15.3. The molecule has 1 aliphatic rings. The highest BCUT2D eigenvalue weighted by Crippen LogP contribution is 2.31. The molecule has 0 saturated carbocycles. The third-order valence-corrected chi connectivity index (χ3v) is 4.91. The summed E-state index contributed by atoms with van der Waals surface area (Å²) in [6.45, 7) is 3.63. The third kappa shape index (κ3) is 4.72. The number of aliphatic hydroxyl groups excluding tert-OH is 1. The fraction of sp³-hybridized carbons (Fsp3) is 0.273. The van der Waals surface area contributed by atoms with Crippen molar-refractivity contribution < 1.29 is 9.90 Å². The van der Waals surface area contributed by atoms with E-state index in [4.69, 9.17) is 4.99 Å². The van der Waals surface area contributed by atoms with Crippen molar-refractivity contribution in [3.05, 3.63) is 66.5 Å². The molecule has 0 spiro atoms. The van der Waals surface area contributed by atoms with Gasteiger partial charge in [0.25, 0.3) is 0 Å². The average Bonchev–Trinajstić information content (AvgIpc) is 3.41. The van der Waals surface area contributed by atoms with Crippen molar-refractivity contribution in [1.29, 1.82) is 0 Å². The molecule has 0 amide bonds. The maximum Gasteiger partial charge on any atom is 0.183 e. The Kier molecular flexibility index (Phi) is 6.23. The minimum absolute atomic E-state index is 0.0397. The van der Waals surface area contributed by atoms with Gasteiger partial charge in [0.15, 0.2) is 11.6 Å². The van der Waals surface area contributed by atoms with Crippen LogP contribution in [-0.4, -0.2) is 55.5 Å². The summed E-state index contributed by atoms with van der Waals surface area (Å²) >= 11 is 0. The molecule has 9 nitrogen and oxygen atoms in total. The van der Waals surface area contributed by atoms with Crippen LogP contribution < -0.4 is 10.6 Å². The topological polar surface area (TPSA) is 109 Å². The second kappa shape index (κ2) is 9.40. The molecule has 0 aliphatic heterocycles. The minimum Gasteiger partial charge on any atom is -0.395 e. The largest absolute Gasteiger partial charge is 0.395 e. The van der Waals surface area contributed by atoms with Crippen molar-refractivity contribution >= 4 is 28.5 Å². The van der Waals surface area contributed by atoms with Crippen molar-refractivity contribution in [2.75, 3.05) is 25.0 Å². The zero-order valence-electron chi connectivity index (χ0n) is 17.3. The number of aliphatic imine (C=N–C) groups is 1. The fourth-order valence-electron chi connectivity index (χ4n) is 3.32. The molecular weight excluding hydrogens is 394 g/mol. The Hall–Kier alpha value is -3.72. The van der Waals surface area contributed by atoms with E-state index in [1.54, 1.807) is 30.0 Å². The number of nitrogens with zero attached hydrogens (tertiary/aromatic N) is 5. The SMILES string of the molecule is CC1=C/C(=N\c2c(NCCCn3ccnc3)nn3ccccc23)C(NCCO)=CC1=O. The number of anilines is 1. The standard InChI is InChI=1S/C22H25N7O2/c1-16-13-18(17(14-20(16)31)24-8-12-30)26-21-19-5-2-3-10-29(19)27-22(21)25-6-4-9-28-11-7-23-15-28/h2-3,5,7,10-11,13-15,24,30H,4,6,8-9,12H2,1H3,(H,25,27)/b26-18+. The van der Waals surface area contributed by atoms with Crippen LogP contribution in [0.1, 0.15) is 13.3 Å². The summed E-state index contributed by atoms with van der Waals surface area (Å²) in [6.07, 6.45) is 11.6.